The molecule has 1 spiro atoms. The van der Waals surface area contributed by atoms with Crippen molar-refractivity contribution in [3.63, 3.8) is 0 Å². The van der Waals surface area contributed by atoms with Crippen LogP contribution in [0.15, 0.2) is 52.1 Å². The largest absolute Gasteiger partial charge is 0.481 e. The molecule has 0 bridgehead atoms. The van der Waals surface area contributed by atoms with Crippen LogP contribution in [-0.4, -0.2) is 65.1 Å². The van der Waals surface area contributed by atoms with E-state index in [1.54, 1.807) is 33.0 Å². The molecule has 2 N–H and O–H groups in total. The first-order chi connectivity index (χ1) is 25.3. The third kappa shape index (κ3) is 23.0. The second kappa shape index (κ2) is 33.0. The van der Waals surface area contributed by atoms with Gasteiger partial charge in [-0.25, -0.2) is 0 Å². The molecule has 316 valence electrons. The average Bonchev–Trinajstić information content (AvgIpc) is 3.35. The van der Waals surface area contributed by atoms with Gasteiger partial charge in [-0.15, -0.1) is 18.2 Å². The molecule has 1 heterocycles. The van der Waals surface area contributed by atoms with E-state index in [0.29, 0.717) is 35.4 Å². The number of carboxylic acid groups (broad SMARTS) is 1. The molecule has 3 unspecified atom stereocenters. The highest BCUT2D eigenvalue weighted by Crippen LogP contribution is 2.48. The van der Waals surface area contributed by atoms with Gasteiger partial charge in [-0.05, 0) is 102 Å². The number of rotatable bonds is 10. The fraction of sp³-hybridized carbons (Fsp3) is 0.733. The number of carboxylic acids is 1. The summed E-state index contributed by atoms with van der Waals surface area (Å²) in [7, 11) is 1.74. The molecular formula is C45H83Cl2N3O4. The summed E-state index contributed by atoms with van der Waals surface area (Å²) in [6.45, 7) is 36.8. The van der Waals surface area contributed by atoms with Crippen molar-refractivity contribution in [1.82, 2.24) is 10.2 Å². The van der Waals surface area contributed by atoms with Crippen molar-refractivity contribution >= 4 is 47.1 Å². The van der Waals surface area contributed by atoms with Gasteiger partial charge in [-0.3, -0.25) is 19.4 Å². The summed E-state index contributed by atoms with van der Waals surface area (Å²) in [5.41, 5.74) is 2.85. The van der Waals surface area contributed by atoms with Crippen LogP contribution in [0.2, 0.25) is 0 Å². The van der Waals surface area contributed by atoms with E-state index < -0.39 is 5.97 Å². The van der Waals surface area contributed by atoms with E-state index in [-0.39, 0.29) is 29.4 Å². The van der Waals surface area contributed by atoms with Crippen molar-refractivity contribution in [2.75, 3.05) is 19.5 Å². The Morgan fingerprint density at radius 2 is 1.61 bits per heavy atom. The van der Waals surface area contributed by atoms with Crippen LogP contribution in [0.25, 0.3) is 0 Å². The van der Waals surface area contributed by atoms with Crippen molar-refractivity contribution in [3.8, 4) is 0 Å². The molecule has 54 heavy (non-hydrogen) atoms. The fourth-order valence-electron chi connectivity index (χ4n) is 6.47. The molecule has 0 aromatic rings. The number of nitrogens with one attached hydrogen (secondary N) is 1. The second-order valence-corrected chi connectivity index (χ2v) is 15.8. The lowest BCUT2D eigenvalue weighted by atomic mass is 9.69. The number of nitrogens with zero attached hydrogens (tertiary/aromatic N) is 2. The van der Waals surface area contributed by atoms with Crippen LogP contribution < -0.4 is 5.32 Å². The van der Waals surface area contributed by atoms with Crippen molar-refractivity contribution < 1.29 is 19.5 Å². The molecule has 3 aliphatic rings. The Morgan fingerprint density at radius 3 is 1.93 bits per heavy atom. The third-order valence-electron chi connectivity index (χ3n) is 9.05. The number of allylic oxidation sites excluding steroid dienone is 6. The number of aliphatic carboxylic acids is 1. The van der Waals surface area contributed by atoms with Crippen LogP contribution in [0.4, 0.5) is 0 Å². The second-order valence-electron chi connectivity index (χ2n) is 14.8. The molecule has 7 nitrogen and oxygen atoms in total. The third-order valence-corrected chi connectivity index (χ3v) is 9.35. The molecular weight excluding hydrogens is 717 g/mol. The van der Waals surface area contributed by atoms with Crippen LogP contribution >= 0.6 is 23.2 Å². The Labute approximate surface area is 343 Å². The highest BCUT2D eigenvalue weighted by atomic mass is 35.5. The summed E-state index contributed by atoms with van der Waals surface area (Å²) in [5.74, 6) is 1.05. The molecule has 0 aromatic heterocycles. The topological polar surface area (TPSA) is 99.1 Å². The van der Waals surface area contributed by atoms with Gasteiger partial charge in [0.15, 0.2) is 0 Å². The number of carbonyl (C=O) groups excluding carboxylic acids is 2. The zero-order valence-corrected chi connectivity index (χ0v) is 39.2. The number of alkyl halides is 1. The number of halogens is 2. The molecule has 0 radical (unpaired) electrons. The van der Waals surface area contributed by atoms with Gasteiger partial charge in [-0.2, -0.15) is 0 Å². The predicted molar refractivity (Wildman–Crippen MR) is 239 cm³/mol. The monoisotopic (exact) mass is 800 g/mol. The first-order valence-electron chi connectivity index (χ1n) is 20.4. The van der Waals surface area contributed by atoms with Gasteiger partial charge in [0.2, 0.25) is 0 Å². The standard InChI is InChI=1S/C27H42N2O2.C5H11NO2.C4H6Cl2.C3H6.3C2H6/c1-18(2)14-24(16-21-8-9-22(17-30)19(3)15-21)29-25(31)20(4)28-27(29)12-10-23(11-13-27)26(5,6)7;1-4(3-6-2)5(7)8;1-4(6)2-3-5;1-3-2;3*1-2/h8-9,17-19,23-24H,10-16H2,1-7H3;4,6H,3H2,1-2H3,(H,7,8);2H,3H2,1H3;3H,1H2,2H3;3*1-2H3/b;;4-2+;;;;. The summed E-state index contributed by atoms with van der Waals surface area (Å²) in [4.78, 5) is 41.9. The van der Waals surface area contributed by atoms with Gasteiger partial charge in [0.1, 0.15) is 11.9 Å². The maximum absolute atomic E-state index is 13.4. The van der Waals surface area contributed by atoms with Crippen LogP contribution in [0.1, 0.15) is 156 Å². The minimum Gasteiger partial charge on any atom is -0.481 e. The summed E-state index contributed by atoms with van der Waals surface area (Å²) in [5, 5.41) is 11.8. The Kier molecular flexibility index (Phi) is 35.7. The fourth-order valence-corrected chi connectivity index (χ4v) is 6.86. The highest BCUT2D eigenvalue weighted by molar-refractivity contribution is 6.39. The summed E-state index contributed by atoms with van der Waals surface area (Å²) in [6, 6.07) is 0.157. The van der Waals surface area contributed by atoms with Gasteiger partial charge < -0.3 is 15.3 Å². The molecule has 3 rings (SSSR count). The van der Waals surface area contributed by atoms with E-state index in [9.17, 15) is 14.4 Å². The molecule has 1 aliphatic heterocycles. The molecule has 1 amide bonds. The molecule has 0 aromatic carbocycles. The number of carbonyl (C=O) groups is 3. The zero-order chi connectivity index (χ0) is 43.2. The Balaban J connectivity index is -0.000000447. The van der Waals surface area contributed by atoms with Crippen LogP contribution in [-0.2, 0) is 14.4 Å². The van der Waals surface area contributed by atoms with Crippen molar-refractivity contribution in [2.24, 2.45) is 34.1 Å². The normalized spacial score (nSPS) is 21.3. The Hall–Kier alpha value is -2.22. The number of hydrogen-bond donors (Lipinski definition) is 2. The van der Waals surface area contributed by atoms with Crippen LogP contribution in [0, 0.1) is 29.1 Å². The molecule has 3 atom stereocenters. The quantitative estimate of drug-likeness (QED) is 0.130. The molecule has 1 fully saturated rings. The van der Waals surface area contributed by atoms with E-state index in [1.807, 2.05) is 61.5 Å². The molecule has 1 saturated carbocycles. The van der Waals surface area contributed by atoms with Gasteiger partial charge in [0, 0.05) is 23.5 Å². The molecule has 2 aliphatic carbocycles. The van der Waals surface area contributed by atoms with Gasteiger partial charge in [-0.1, -0.05) is 131 Å². The van der Waals surface area contributed by atoms with Gasteiger partial charge >= 0.3 is 5.97 Å². The highest BCUT2D eigenvalue weighted by Gasteiger charge is 2.51. The predicted octanol–water partition coefficient (Wildman–Crippen LogP) is 12.7. The number of amides is 1. The first kappa shape index (κ1) is 58.5. The number of hydrogen-bond acceptors (Lipinski definition) is 5. The molecule has 9 heteroatoms. The summed E-state index contributed by atoms with van der Waals surface area (Å²) < 4.78 is 0. The van der Waals surface area contributed by atoms with Crippen molar-refractivity contribution in [3.05, 3.63) is 47.1 Å². The Morgan fingerprint density at radius 1 is 1.11 bits per heavy atom. The lowest BCUT2D eigenvalue weighted by Gasteiger charge is -2.48. The summed E-state index contributed by atoms with van der Waals surface area (Å²) >= 11 is 10.6. The van der Waals surface area contributed by atoms with Gasteiger partial charge in [0.25, 0.3) is 5.91 Å². The maximum atomic E-state index is 13.4. The van der Waals surface area contributed by atoms with E-state index >= 15 is 0 Å². The van der Waals surface area contributed by atoms with Crippen LogP contribution in [0.5, 0.6) is 0 Å². The van der Waals surface area contributed by atoms with E-state index in [4.69, 9.17) is 33.3 Å². The maximum Gasteiger partial charge on any atom is 0.307 e. The SMILES string of the molecule is C/C(Cl)=C\CCl.C=CC.CC.CC.CC.CC1=NC2(CCC(C(C)(C)C)CC2)N(C(CC2=CC=C(C=O)C(C)C2)CC(C)C)C1=O.CNCC(C)C(=O)O. The minimum absolute atomic E-state index is 0.133. The smallest absolute Gasteiger partial charge is 0.307 e. The zero-order valence-electron chi connectivity index (χ0n) is 37.7. The first-order valence-corrected chi connectivity index (χ1v) is 21.3. The number of aliphatic imine (C=N–C) groups is 1. The van der Waals surface area contributed by atoms with Crippen molar-refractivity contribution in [1.29, 1.82) is 0 Å². The van der Waals surface area contributed by atoms with E-state index in [2.05, 4.69) is 64.4 Å². The minimum atomic E-state index is -0.751. The Bertz CT molecular complexity index is 1160. The van der Waals surface area contributed by atoms with Crippen LogP contribution in [0.3, 0.4) is 0 Å². The van der Waals surface area contributed by atoms with E-state index in [1.165, 1.54) is 5.57 Å². The van der Waals surface area contributed by atoms with Crippen molar-refractivity contribution in [2.45, 2.75) is 167 Å². The van der Waals surface area contributed by atoms with Gasteiger partial charge in [0.05, 0.1) is 11.6 Å². The molecule has 0 saturated heterocycles. The number of aldehydes is 1. The lowest BCUT2D eigenvalue weighted by Crippen LogP contribution is -2.55. The van der Waals surface area contributed by atoms with E-state index in [0.717, 1.165) is 61.8 Å². The lowest BCUT2D eigenvalue weighted by molar-refractivity contribution is -0.141. The average molecular weight is 801 g/mol. The summed E-state index contributed by atoms with van der Waals surface area (Å²) in [6.07, 6.45) is 15.5.